The molecule has 13 heteroatoms. The lowest BCUT2D eigenvalue weighted by atomic mass is 10.1. The Labute approximate surface area is 165 Å². The van der Waals surface area contributed by atoms with Gasteiger partial charge in [-0.15, -0.1) is 0 Å². The molecule has 0 radical (unpaired) electrons. The summed E-state index contributed by atoms with van der Waals surface area (Å²) in [5.74, 6) is -1.42. The first-order valence-electron chi connectivity index (χ1n) is 9.25. The lowest BCUT2D eigenvalue weighted by Gasteiger charge is -2.24. The Balaban J connectivity index is 1.63. The van der Waals surface area contributed by atoms with E-state index in [-0.39, 0.29) is 6.10 Å². The zero-order valence-electron chi connectivity index (χ0n) is 15.6. The Kier molecular flexibility index (Phi) is 5.60. The summed E-state index contributed by atoms with van der Waals surface area (Å²) in [7, 11) is -3.66. The van der Waals surface area contributed by atoms with E-state index in [2.05, 4.69) is 15.0 Å². The molecule has 2 aliphatic rings. The van der Waals surface area contributed by atoms with Crippen molar-refractivity contribution in [2.24, 2.45) is 0 Å². The third kappa shape index (κ3) is 3.77. The number of aliphatic hydroxyl groups excluding tert-OH is 2. The largest absolute Gasteiger partial charge is 0.473 e. The van der Waals surface area contributed by atoms with E-state index in [0.717, 1.165) is 32.8 Å². The molecule has 12 nitrogen and oxygen atoms in total. The van der Waals surface area contributed by atoms with Crippen LogP contribution in [-0.2, 0) is 14.0 Å². The van der Waals surface area contributed by atoms with Crippen molar-refractivity contribution in [2.45, 2.75) is 62.2 Å². The van der Waals surface area contributed by atoms with Gasteiger partial charge >= 0.3 is 7.60 Å². The number of hydrogen-bond acceptors (Lipinski definition) is 9. The van der Waals surface area contributed by atoms with Crippen LogP contribution < -0.4 is 4.74 Å². The topological polar surface area (TPSA) is 169 Å². The second-order valence-corrected chi connectivity index (χ2v) is 8.90. The molecule has 2 fully saturated rings. The lowest BCUT2D eigenvalue weighted by Crippen LogP contribution is -2.39. The van der Waals surface area contributed by atoms with Crippen LogP contribution in [-0.4, -0.2) is 76.9 Å². The van der Waals surface area contributed by atoms with Crippen molar-refractivity contribution in [2.75, 3.05) is 7.11 Å². The second kappa shape index (κ2) is 7.88. The molecule has 4 rings (SSSR count). The fourth-order valence-corrected chi connectivity index (χ4v) is 4.78. The van der Waals surface area contributed by atoms with Gasteiger partial charge in [-0.05, 0) is 25.7 Å². The molecule has 2 aromatic heterocycles. The smallest absolute Gasteiger partial charge is 0.356 e. The minimum atomic E-state index is -4.75. The molecule has 3 heterocycles. The zero-order valence-corrected chi connectivity index (χ0v) is 16.5. The minimum Gasteiger partial charge on any atom is -0.473 e. The fourth-order valence-electron chi connectivity index (χ4n) is 3.88. The standard InChI is InChI=1S/C16H23N4O8P/c1-26-16(29(23,24)25)12-10(21)11(22)15(28-12)20-7-19-9-13(20)17-6-18-14(9)27-8-4-2-3-5-8/h6-8,10-12,15-16,21-22H,2-5H2,1H3,(H2,23,24,25)/t10-,11+,12+,15+,16?/m0/s1. The van der Waals surface area contributed by atoms with Crippen LogP contribution in [0.3, 0.4) is 0 Å². The lowest BCUT2D eigenvalue weighted by molar-refractivity contribution is -0.0761. The first kappa shape index (κ1) is 20.6. The van der Waals surface area contributed by atoms with Gasteiger partial charge in [0.25, 0.3) is 0 Å². The summed E-state index contributed by atoms with van der Waals surface area (Å²) < 4.78 is 29.4. The molecular formula is C16H23N4O8P. The van der Waals surface area contributed by atoms with Crippen LogP contribution in [0, 0.1) is 0 Å². The minimum absolute atomic E-state index is 0.0588. The Morgan fingerprint density at radius 1 is 1.21 bits per heavy atom. The number of nitrogens with zero attached hydrogens (tertiary/aromatic N) is 4. The molecule has 4 N–H and O–H groups in total. The van der Waals surface area contributed by atoms with Gasteiger partial charge in [0.05, 0.1) is 6.33 Å². The zero-order chi connectivity index (χ0) is 20.8. The van der Waals surface area contributed by atoms with Crippen LogP contribution in [0.2, 0.25) is 0 Å². The summed E-state index contributed by atoms with van der Waals surface area (Å²) in [4.78, 5) is 31.5. The third-order valence-corrected chi connectivity index (χ3v) is 6.48. The van der Waals surface area contributed by atoms with Gasteiger partial charge in [-0.2, -0.15) is 4.98 Å². The van der Waals surface area contributed by atoms with Gasteiger partial charge in [-0.3, -0.25) is 9.13 Å². The van der Waals surface area contributed by atoms with Crippen molar-refractivity contribution in [3.8, 4) is 5.88 Å². The number of fused-ring (bicyclic) bond motifs is 1. The van der Waals surface area contributed by atoms with Gasteiger partial charge in [-0.1, -0.05) is 0 Å². The maximum atomic E-state index is 11.7. The van der Waals surface area contributed by atoms with Gasteiger partial charge in [-0.25, -0.2) is 9.97 Å². The average Bonchev–Trinajstić information content (AvgIpc) is 3.38. The van der Waals surface area contributed by atoms with Crippen LogP contribution in [0.5, 0.6) is 5.88 Å². The summed E-state index contributed by atoms with van der Waals surface area (Å²) in [6, 6.07) is 0. The van der Waals surface area contributed by atoms with Crippen molar-refractivity contribution >= 4 is 18.8 Å². The van der Waals surface area contributed by atoms with E-state index in [1.807, 2.05) is 0 Å². The van der Waals surface area contributed by atoms with Gasteiger partial charge in [0, 0.05) is 7.11 Å². The highest BCUT2D eigenvalue weighted by Crippen LogP contribution is 2.48. The predicted molar refractivity (Wildman–Crippen MR) is 97.0 cm³/mol. The highest BCUT2D eigenvalue weighted by Gasteiger charge is 2.52. The molecule has 0 bridgehead atoms. The van der Waals surface area contributed by atoms with Crippen molar-refractivity contribution in [3.05, 3.63) is 12.7 Å². The summed E-state index contributed by atoms with van der Waals surface area (Å²) in [6.07, 6.45) is 1.05. The number of hydrogen-bond donors (Lipinski definition) is 4. The van der Waals surface area contributed by atoms with Crippen molar-refractivity contribution in [1.82, 2.24) is 19.5 Å². The van der Waals surface area contributed by atoms with Crippen LogP contribution in [0.25, 0.3) is 11.2 Å². The molecule has 1 saturated heterocycles. The van der Waals surface area contributed by atoms with Gasteiger partial charge < -0.3 is 34.2 Å². The molecule has 29 heavy (non-hydrogen) atoms. The molecule has 0 amide bonds. The summed E-state index contributed by atoms with van der Waals surface area (Å²) in [5.41, 5.74) is 0.668. The molecule has 1 aliphatic heterocycles. The molecule has 5 atom stereocenters. The normalized spacial score (nSPS) is 29.6. The van der Waals surface area contributed by atoms with Crippen molar-refractivity contribution in [1.29, 1.82) is 0 Å². The van der Waals surface area contributed by atoms with E-state index in [1.54, 1.807) is 0 Å². The second-order valence-electron chi connectivity index (χ2n) is 7.21. The molecule has 0 spiro atoms. The maximum Gasteiger partial charge on any atom is 0.356 e. The molecule has 1 unspecified atom stereocenters. The summed E-state index contributed by atoms with van der Waals surface area (Å²) in [6.45, 7) is 0. The third-order valence-electron chi connectivity index (χ3n) is 5.31. The number of rotatable bonds is 6. The van der Waals surface area contributed by atoms with Crippen LogP contribution in [0.15, 0.2) is 12.7 Å². The van der Waals surface area contributed by atoms with E-state index in [9.17, 15) is 24.6 Å². The summed E-state index contributed by atoms with van der Waals surface area (Å²) in [5, 5.41) is 20.8. The number of methoxy groups -OCH3 is 1. The van der Waals surface area contributed by atoms with E-state index < -0.39 is 38.0 Å². The van der Waals surface area contributed by atoms with E-state index in [1.165, 1.54) is 17.2 Å². The van der Waals surface area contributed by atoms with E-state index in [0.29, 0.717) is 17.0 Å². The molecule has 160 valence electrons. The van der Waals surface area contributed by atoms with Gasteiger partial charge in [0.2, 0.25) is 5.88 Å². The SMILES string of the molecule is COC([C@@H]1O[C@@H](n2cnc3c(OC4CCCC4)ncnc32)[C@H](O)[C@@H]1O)P(=O)(O)O. The highest BCUT2D eigenvalue weighted by molar-refractivity contribution is 7.52. The van der Waals surface area contributed by atoms with Crippen molar-refractivity contribution < 1.29 is 38.8 Å². The van der Waals surface area contributed by atoms with Gasteiger partial charge in [0.1, 0.15) is 30.7 Å². The number of ether oxygens (including phenoxy) is 3. The first-order valence-corrected chi connectivity index (χ1v) is 10.9. The van der Waals surface area contributed by atoms with Crippen molar-refractivity contribution in [3.63, 3.8) is 0 Å². The molecule has 0 aromatic carbocycles. The maximum absolute atomic E-state index is 11.7. The highest BCUT2D eigenvalue weighted by atomic mass is 31.2. The van der Waals surface area contributed by atoms with Crippen LogP contribution >= 0.6 is 7.60 Å². The summed E-state index contributed by atoms with van der Waals surface area (Å²) >= 11 is 0. The average molecular weight is 430 g/mol. The Morgan fingerprint density at radius 3 is 2.59 bits per heavy atom. The number of aromatic nitrogens is 4. The fraction of sp³-hybridized carbons (Fsp3) is 0.688. The van der Waals surface area contributed by atoms with Crippen LogP contribution in [0.1, 0.15) is 31.9 Å². The molecule has 1 aliphatic carbocycles. The predicted octanol–water partition coefficient (Wildman–Crippen LogP) is -0.0829. The Hall–Kier alpha value is -1.66. The Bertz CT molecular complexity index is 913. The number of aliphatic hydroxyl groups is 2. The first-order chi connectivity index (χ1) is 13.8. The quantitative estimate of drug-likeness (QED) is 0.452. The van der Waals surface area contributed by atoms with Crippen LogP contribution in [0.4, 0.5) is 0 Å². The number of imidazole rings is 1. The Morgan fingerprint density at radius 2 is 1.93 bits per heavy atom. The molecular weight excluding hydrogens is 407 g/mol. The van der Waals surface area contributed by atoms with E-state index >= 15 is 0 Å². The molecule has 1 saturated carbocycles. The molecule has 2 aromatic rings. The monoisotopic (exact) mass is 430 g/mol. The van der Waals surface area contributed by atoms with Gasteiger partial charge in [0.15, 0.2) is 23.2 Å². The van der Waals surface area contributed by atoms with E-state index in [4.69, 9.17) is 14.2 Å².